The molecule has 0 N–H and O–H groups in total. The van der Waals surface area contributed by atoms with E-state index in [1.54, 1.807) is 37.0 Å². The Hall–Kier alpha value is -2.21. The number of rotatable bonds is 3. The second-order valence-electron chi connectivity index (χ2n) is 5.73. The van der Waals surface area contributed by atoms with E-state index in [9.17, 15) is 13.7 Å². The van der Waals surface area contributed by atoms with E-state index in [-0.39, 0.29) is 29.7 Å². The van der Waals surface area contributed by atoms with Crippen molar-refractivity contribution in [3.8, 4) is 6.07 Å². The highest BCUT2D eigenvalue weighted by Crippen LogP contribution is 2.28. The third-order valence-electron chi connectivity index (χ3n) is 4.09. The molecule has 0 aliphatic carbocycles. The minimum Gasteiger partial charge on any atom is -0.371 e. The van der Waals surface area contributed by atoms with Crippen molar-refractivity contribution in [2.24, 2.45) is 7.05 Å². The topological polar surface area (TPSA) is 88.2 Å². The molecular formula is C16H18N4O3S. The van der Waals surface area contributed by atoms with Gasteiger partial charge in [0.1, 0.15) is 11.0 Å². The largest absolute Gasteiger partial charge is 0.371 e. The lowest BCUT2D eigenvalue weighted by Gasteiger charge is -2.32. The standard InChI is InChI=1S/C16H18N4O3S/c1-12-4-3-5-16(14(12)8-17)24(21,22)20-6-7-23-15(11-20)13-9-18-19(2)10-13/h3-5,9-10,15H,6-7,11H2,1-2H3/t15-/m0/s1. The lowest BCUT2D eigenvalue weighted by molar-refractivity contribution is -0.00259. The van der Waals surface area contributed by atoms with E-state index in [4.69, 9.17) is 4.74 Å². The summed E-state index contributed by atoms with van der Waals surface area (Å²) in [7, 11) is -1.96. The van der Waals surface area contributed by atoms with Gasteiger partial charge in [-0.25, -0.2) is 8.42 Å². The van der Waals surface area contributed by atoms with Gasteiger partial charge in [0.05, 0.1) is 24.5 Å². The van der Waals surface area contributed by atoms with E-state index in [1.807, 2.05) is 12.3 Å². The second-order valence-corrected chi connectivity index (χ2v) is 7.64. The quantitative estimate of drug-likeness (QED) is 0.837. The van der Waals surface area contributed by atoms with Crippen molar-refractivity contribution >= 4 is 10.0 Å². The second kappa shape index (κ2) is 6.36. The third-order valence-corrected chi connectivity index (χ3v) is 6.00. The zero-order valence-corrected chi connectivity index (χ0v) is 14.3. The van der Waals surface area contributed by atoms with E-state index < -0.39 is 10.0 Å². The summed E-state index contributed by atoms with van der Waals surface area (Å²) in [5.74, 6) is 0. The van der Waals surface area contributed by atoms with Gasteiger partial charge in [0, 0.05) is 31.9 Å². The molecular weight excluding hydrogens is 328 g/mol. The Kier molecular flexibility index (Phi) is 4.41. The van der Waals surface area contributed by atoms with Crippen LogP contribution < -0.4 is 0 Å². The molecule has 2 aromatic rings. The normalized spacial score (nSPS) is 19.1. The van der Waals surface area contributed by atoms with Crippen molar-refractivity contribution in [3.05, 3.63) is 47.3 Å². The van der Waals surface area contributed by atoms with Gasteiger partial charge < -0.3 is 4.74 Å². The molecule has 3 rings (SSSR count). The average molecular weight is 346 g/mol. The fourth-order valence-electron chi connectivity index (χ4n) is 2.79. The van der Waals surface area contributed by atoms with Crippen LogP contribution in [-0.4, -0.2) is 42.2 Å². The van der Waals surface area contributed by atoms with Crippen molar-refractivity contribution in [2.75, 3.05) is 19.7 Å². The van der Waals surface area contributed by atoms with Crippen molar-refractivity contribution in [2.45, 2.75) is 17.9 Å². The van der Waals surface area contributed by atoms with E-state index >= 15 is 0 Å². The van der Waals surface area contributed by atoms with Gasteiger partial charge in [-0.2, -0.15) is 14.7 Å². The first-order valence-electron chi connectivity index (χ1n) is 7.53. The zero-order valence-electron chi connectivity index (χ0n) is 13.5. The number of hydrogen-bond acceptors (Lipinski definition) is 5. The molecule has 0 bridgehead atoms. The highest BCUT2D eigenvalue weighted by Gasteiger charge is 2.33. The average Bonchev–Trinajstić information content (AvgIpc) is 3.01. The summed E-state index contributed by atoms with van der Waals surface area (Å²) in [5.41, 5.74) is 1.68. The smallest absolute Gasteiger partial charge is 0.244 e. The summed E-state index contributed by atoms with van der Waals surface area (Å²) < 4.78 is 34.7. The number of ether oxygens (including phenoxy) is 1. The van der Waals surface area contributed by atoms with Crippen molar-refractivity contribution in [3.63, 3.8) is 0 Å². The van der Waals surface area contributed by atoms with Crippen LogP contribution in [0.5, 0.6) is 0 Å². The van der Waals surface area contributed by atoms with Crippen molar-refractivity contribution in [1.82, 2.24) is 14.1 Å². The first kappa shape index (κ1) is 16.6. The first-order valence-corrected chi connectivity index (χ1v) is 8.97. The molecule has 1 aliphatic heterocycles. The molecule has 0 spiro atoms. The number of sulfonamides is 1. The van der Waals surface area contributed by atoms with Gasteiger partial charge in [-0.1, -0.05) is 12.1 Å². The Morgan fingerprint density at radius 3 is 2.88 bits per heavy atom. The molecule has 1 aromatic carbocycles. The molecule has 0 amide bonds. The van der Waals surface area contributed by atoms with Crippen LogP contribution in [0.15, 0.2) is 35.5 Å². The van der Waals surface area contributed by atoms with E-state index in [0.29, 0.717) is 12.2 Å². The van der Waals surface area contributed by atoms with Crippen LogP contribution in [0.2, 0.25) is 0 Å². The fourth-order valence-corrected chi connectivity index (χ4v) is 4.43. The predicted octanol–water partition coefficient (Wildman–Crippen LogP) is 1.36. The van der Waals surface area contributed by atoms with Gasteiger partial charge in [0.25, 0.3) is 0 Å². The van der Waals surface area contributed by atoms with Gasteiger partial charge in [-0.3, -0.25) is 4.68 Å². The summed E-state index contributed by atoms with van der Waals surface area (Å²) in [6, 6.07) is 6.87. The van der Waals surface area contributed by atoms with Crippen LogP contribution >= 0.6 is 0 Å². The Morgan fingerprint density at radius 1 is 1.42 bits per heavy atom. The van der Waals surface area contributed by atoms with Crippen molar-refractivity contribution < 1.29 is 13.2 Å². The molecule has 0 unspecified atom stereocenters. The molecule has 1 aliphatic rings. The Balaban J connectivity index is 1.93. The minimum atomic E-state index is -3.76. The SMILES string of the molecule is Cc1cccc(S(=O)(=O)N2CCO[C@H](c3cnn(C)c3)C2)c1C#N. The maximum atomic E-state index is 13.0. The molecule has 0 saturated carbocycles. The third kappa shape index (κ3) is 2.94. The number of aryl methyl sites for hydroxylation is 2. The number of nitrogens with zero attached hydrogens (tertiary/aromatic N) is 4. The van der Waals surface area contributed by atoms with Crippen LogP contribution in [0, 0.1) is 18.3 Å². The van der Waals surface area contributed by atoms with Gasteiger partial charge in [-0.05, 0) is 18.6 Å². The van der Waals surface area contributed by atoms with Crippen molar-refractivity contribution in [1.29, 1.82) is 5.26 Å². The zero-order chi connectivity index (χ0) is 17.3. The molecule has 24 heavy (non-hydrogen) atoms. The molecule has 0 radical (unpaired) electrons. The monoisotopic (exact) mass is 346 g/mol. The summed E-state index contributed by atoms with van der Waals surface area (Å²) >= 11 is 0. The Labute approximate surface area is 141 Å². The lowest BCUT2D eigenvalue weighted by Crippen LogP contribution is -2.42. The molecule has 126 valence electrons. The Morgan fingerprint density at radius 2 is 2.21 bits per heavy atom. The Bertz CT molecular complexity index is 898. The number of morpholine rings is 1. The van der Waals surface area contributed by atoms with Gasteiger partial charge in [0.2, 0.25) is 10.0 Å². The van der Waals surface area contributed by atoms with Crippen LogP contribution in [0.1, 0.15) is 22.8 Å². The molecule has 8 heteroatoms. The van der Waals surface area contributed by atoms with E-state index in [2.05, 4.69) is 5.10 Å². The van der Waals surface area contributed by atoms with Gasteiger partial charge in [0.15, 0.2) is 0 Å². The highest BCUT2D eigenvalue weighted by molar-refractivity contribution is 7.89. The molecule has 1 saturated heterocycles. The molecule has 7 nitrogen and oxygen atoms in total. The maximum Gasteiger partial charge on any atom is 0.244 e. The van der Waals surface area contributed by atoms with Crippen LogP contribution in [-0.2, 0) is 21.8 Å². The number of nitriles is 1. The molecule has 2 heterocycles. The van der Waals surface area contributed by atoms with Crippen LogP contribution in [0.25, 0.3) is 0 Å². The lowest BCUT2D eigenvalue weighted by atomic mass is 10.1. The minimum absolute atomic E-state index is 0.0526. The van der Waals surface area contributed by atoms with Gasteiger partial charge in [-0.15, -0.1) is 0 Å². The maximum absolute atomic E-state index is 13.0. The molecule has 1 aromatic heterocycles. The highest BCUT2D eigenvalue weighted by atomic mass is 32.2. The summed E-state index contributed by atoms with van der Waals surface area (Å²) in [5, 5.41) is 13.4. The van der Waals surface area contributed by atoms with Crippen LogP contribution in [0.4, 0.5) is 0 Å². The summed E-state index contributed by atoms with van der Waals surface area (Å²) in [6.07, 6.45) is 3.13. The van der Waals surface area contributed by atoms with Gasteiger partial charge >= 0.3 is 0 Å². The molecule has 1 fully saturated rings. The van der Waals surface area contributed by atoms with E-state index in [0.717, 1.165) is 5.56 Å². The summed E-state index contributed by atoms with van der Waals surface area (Å²) in [4.78, 5) is 0.0526. The summed E-state index contributed by atoms with van der Waals surface area (Å²) in [6.45, 7) is 2.49. The first-order chi connectivity index (χ1) is 11.4. The number of benzene rings is 1. The molecule has 1 atom stereocenters. The van der Waals surface area contributed by atoms with E-state index in [1.165, 1.54) is 10.4 Å². The number of aromatic nitrogens is 2. The van der Waals surface area contributed by atoms with Crippen LogP contribution in [0.3, 0.4) is 0 Å². The predicted molar refractivity (Wildman–Crippen MR) is 86.6 cm³/mol. The fraction of sp³-hybridized carbons (Fsp3) is 0.375. The number of hydrogen-bond donors (Lipinski definition) is 0.